The molecule has 5 nitrogen and oxygen atoms in total. The molecule has 16 heavy (non-hydrogen) atoms. The molecule has 1 amide bonds. The average Bonchev–Trinajstić information content (AvgIpc) is 2.23. The van der Waals surface area contributed by atoms with Gasteiger partial charge in [-0.3, -0.25) is 4.79 Å². The summed E-state index contributed by atoms with van der Waals surface area (Å²) in [5.74, 6) is 0.436. The third kappa shape index (κ3) is 2.09. The lowest BCUT2D eigenvalue weighted by Crippen LogP contribution is -2.38. The number of nitrogens with two attached hydrogens (primary N) is 1. The van der Waals surface area contributed by atoms with Gasteiger partial charge < -0.3 is 20.5 Å². The summed E-state index contributed by atoms with van der Waals surface area (Å²) in [6.45, 7) is 1.19. The number of nitrogen functional groups attached to an aromatic ring is 1. The van der Waals surface area contributed by atoms with Crippen LogP contribution in [0.5, 0.6) is 5.75 Å². The first kappa shape index (κ1) is 10.8. The van der Waals surface area contributed by atoms with Crippen LogP contribution in [-0.2, 0) is 4.74 Å². The summed E-state index contributed by atoms with van der Waals surface area (Å²) in [5, 5.41) is 2.54. The highest BCUT2D eigenvalue weighted by atomic mass is 16.6. The normalized spacial score (nSPS) is 15.3. The predicted molar refractivity (Wildman–Crippen MR) is 59.5 cm³/mol. The zero-order valence-corrected chi connectivity index (χ0v) is 9.03. The fraction of sp³-hybridized carbons (Fsp3) is 0.364. The monoisotopic (exact) mass is 222 g/mol. The number of anilines is 1. The second-order valence-electron chi connectivity index (χ2n) is 3.61. The van der Waals surface area contributed by atoms with Crippen LogP contribution in [0.25, 0.3) is 0 Å². The topological polar surface area (TPSA) is 73.6 Å². The molecule has 0 bridgehead atoms. The molecule has 1 heterocycles. The second-order valence-corrected chi connectivity index (χ2v) is 3.61. The van der Waals surface area contributed by atoms with Crippen molar-refractivity contribution in [3.63, 3.8) is 0 Å². The first-order chi connectivity index (χ1) is 7.70. The molecule has 0 saturated carbocycles. The van der Waals surface area contributed by atoms with Crippen LogP contribution in [0.4, 0.5) is 5.69 Å². The first-order valence-corrected chi connectivity index (χ1v) is 5.06. The van der Waals surface area contributed by atoms with Gasteiger partial charge in [-0.15, -0.1) is 0 Å². The maximum Gasteiger partial charge on any atom is 0.251 e. The van der Waals surface area contributed by atoms with Gasteiger partial charge in [-0.2, -0.15) is 0 Å². The van der Waals surface area contributed by atoms with E-state index in [-0.39, 0.29) is 12.0 Å². The van der Waals surface area contributed by atoms with E-state index in [4.69, 9.17) is 15.2 Å². The van der Waals surface area contributed by atoms with E-state index in [1.165, 1.54) is 0 Å². The summed E-state index contributed by atoms with van der Waals surface area (Å²) >= 11 is 0. The van der Waals surface area contributed by atoms with Crippen LogP contribution in [0.3, 0.4) is 0 Å². The Balaban J connectivity index is 2.12. The van der Waals surface area contributed by atoms with Gasteiger partial charge in [0.2, 0.25) is 0 Å². The van der Waals surface area contributed by atoms with E-state index in [0.717, 1.165) is 0 Å². The fourth-order valence-electron chi connectivity index (χ4n) is 1.40. The quantitative estimate of drug-likeness (QED) is 0.726. The molecule has 0 aliphatic carbocycles. The molecule has 1 aliphatic heterocycles. The van der Waals surface area contributed by atoms with Gasteiger partial charge in [-0.1, -0.05) is 0 Å². The van der Waals surface area contributed by atoms with Crippen LogP contribution in [0.15, 0.2) is 18.2 Å². The lowest BCUT2D eigenvalue weighted by molar-refractivity contribution is -0.0793. The maximum absolute atomic E-state index is 11.3. The van der Waals surface area contributed by atoms with Gasteiger partial charge in [-0.25, -0.2) is 0 Å². The van der Waals surface area contributed by atoms with Crippen LogP contribution in [0.2, 0.25) is 0 Å². The summed E-state index contributed by atoms with van der Waals surface area (Å²) in [4.78, 5) is 11.3. The van der Waals surface area contributed by atoms with Crippen molar-refractivity contribution in [2.75, 3.05) is 26.0 Å². The third-order valence-electron chi connectivity index (χ3n) is 2.40. The minimum atomic E-state index is -0.162. The van der Waals surface area contributed by atoms with E-state index >= 15 is 0 Å². The molecule has 1 aromatic carbocycles. The highest BCUT2D eigenvalue weighted by Crippen LogP contribution is 2.25. The summed E-state index contributed by atoms with van der Waals surface area (Å²) in [6, 6.07) is 5.00. The summed E-state index contributed by atoms with van der Waals surface area (Å²) in [5.41, 5.74) is 6.79. The molecule has 2 rings (SSSR count). The molecule has 0 unspecified atom stereocenters. The molecule has 3 N–H and O–H groups in total. The molecule has 1 saturated heterocycles. The van der Waals surface area contributed by atoms with Gasteiger partial charge in [0.25, 0.3) is 5.91 Å². The maximum atomic E-state index is 11.3. The van der Waals surface area contributed by atoms with Crippen molar-refractivity contribution >= 4 is 11.6 Å². The molecular formula is C11H14N2O3. The third-order valence-corrected chi connectivity index (χ3v) is 2.40. The van der Waals surface area contributed by atoms with Crippen molar-refractivity contribution in [1.82, 2.24) is 5.32 Å². The van der Waals surface area contributed by atoms with E-state index in [1.807, 2.05) is 0 Å². The van der Waals surface area contributed by atoms with Crippen molar-refractivity contribution in [3.8, 4) is 5.75 Å². The molecule has 0 radical (unpaired) electrons. The van der Waals surface area contributed by atoms with Crippen molar-refractivity contribution in [1.29, 1.82) is 0 Å². The molecule has 1 aliphatic rings. The smallest absolute Gasteiger partial charge is 0.251 e. The van der Waals surface area contributed by atoms with E-state index in [9.17, 15) is 4.79 Å². The highest BCUT2D eigenvalue weighted by molar-refractivity contribution is 5.95. The number of hydrogen-bond acceptors (Lipinski definition) is 4. The second kappa shape index (κ2) is 4.40. The van der Waals surface area contributed by atoms with Crippen LogP contribution in [0.1, 0.15) is 10.4 Å². The fourth-order valence-corrected chi connectivity index (χ4v) is 1.40. The zero-order valence-electron chi connectivity index (χ0n) is 9.03. The Morgan fingerprint density at radius 3 is 2.81 bits per heavy atom. The summed E-state index contributed by atoms with van der Waals surface area (Å²) in [6.07, 6.45) is 0.0770. The lowest BCUT2D eigenvalue weighted by Gasteiger charge is -2.27. The van der Waals surface area contributed by atoms with Crippen LogP contribution < -0.4 is 15.8 Å². The van der Waals surface area contributed by atoms with E-state index in [1.54, 1.807) is 25.2 Å². The molecular weight excluding hydrogens is 208 g/mol. The van der Waals surface area contributed by atoms with E-state index in [0.29, 0.717) is 30.2 Å². The van der Waals surface area contributed by atoms with Gasteiger partial charge in [0.1, 0.15) is 11.9 Å². The van der Waals surface area contributed by atoms with Crippen LogP contribution in [-0.4, -0.2) is 32.3 Å². The zero-order chi connectivity index (χ0) is 11.5. The van der Waals surface area contributed by atoms with Crippen molar-refractivity contribution in [2.45, 2.75) is 6.10 Å². The van der Waals surface area contributed by atoms with E-state index in [2.05, 4.69) is 5.32 Å². The number of rotatable bonds is 3. The Morgan fingerprint density at radius 1 is 1.56 bits per heavy atom. The largest absolute Gasteiger partial charge is 0.483 e. The van der Waals surface area contributed by atoms with Crippen molar-refractivity contribution in [2.24, 2.45) is 0 Å². The Hall–Kier alpha value is -1.75. The highest BCUT2D eigenvalue weighted by Gasteiger charge is 2.21. The van der Waals surface area contributed by atoms with Crippen LogP contribution in [0, 0.1) is 0 Å². The Labute approximate surface area is 93.5 Å². The number of nitrogens with one attached hydrogen (secondary N) is 1. The number of benzene rings is 1. The lowest BCUT2D eigenvalue weighted by atomic mass is 10.1. The number of carbonyl (C=O) groups is 1. The molecule has 1 fully saturated rings. The molecule has 1 aromatic rings. The number of hydrogen-bond donors (Lipinski definition) is 2. The van der Waals surface area contributed by atoms with Gasteiger partial charge in [0.05, 0.1) is 18.9 Å². The average molecular weight is 222 g/mol. The van der Waals surface area contributed by atoms with Gasteiger partial charge in [-0.05, 0) is 18.2 Å². The summed E-state index contributed by atoms with van der Waals surface area (Å²) in [7, 11) is 1.58. The standard InChI is InChI=1S/C11H14N2O3/c1-13-11(14)7-2-3-10(9(12)4-7)16-8-5-15-6-8/h2-4,8H,5-6,12H2,1H3,(H,13,14). The van der Waals surface area contributed by atoms with Crippen molar-refractivity contribution < 1.29 is 14.3 Å². The Bertz CT molecular complexity index is 402. The molecule has 0 atom stereocenters. The first-order valence-electron chi connectivity index (χ1n) is 5.06. The number of amides is 1. The number of ether oxygens (including phenoxy) is 2. The van der Waals surface area contributed by atoms with E-state index < -0.39 is 0 Å². The SMILES string of the molecule is CNC(=O)c1ccc(OC2COC2)c(N)c1. The van der Waals surface area contributed by atoms with Gasteiger partial charge in [0.15, 0.2) is 0 Å². The molecule has 0 spiro atoms. The van der Waals surface area contributed by atoms with Gasteiger partial charge in [0, 0.05) is 12.6 Å². The van der Waals surface area contributed by atoms with Crippen molar-refractivity contribution in [3.05, 3.63) is 23.8 Å². The molecule has 5 heteroatoms. The molecule has 86 valence electrons. The number of carbonyl (C=O) groups excluding carboxylic acids is 1. The summed E-state index contributed by atoms with van der Waals surface area (Å²) < 4.78 is 10.6. The van der Waals surface area contributed by atoms with Crippen LogP contribution >= 0.6 is 0 Å². The Morgan fingerprint density at radius 2 is 2.31 bits per heavy atom. The predicted octanol–water partition coefficient (Wildman–Crippen LogP) is 0.406. The molecule has 0 aromatic heterocycles. The minimum Gasteiger partial charge on any atom is -0.483 e. The minimum absolute atomic E-state index is 0.0770. The van der Waals surface area contributed by atoms with Gasteiger partial charge >= 0.3 is 0 Å². The Kier molecular flexibility index (Phi) is 2.96.